The first-order chi connectivity index (χ1) is 12.7. The Balaban J connectivity index is 1.45. The summed E-state index contributed by atoms with van der Waals surface area (Å²) in [5.74, 6) is 0.106. The number of fused-ring (bicyclic) bond motifs is 1. The summed E-state index contributed by atoms with van der Waals surface area (Å²) in [5, 5.41) is 13.3. The maximum absolute atomic E-state index is 12.3. The molecule has 1 amide bonds. The van der Waals surface area contributed by atoms with Gasteiger partial charge in [-0.2, -0.15) is 0 Å². The molecular formula is C20H14ClN3O2. The molecule has 1 heterocycles. The van der Waals surface area contributed by atoms with Gasteiger partial charge in [0.15, 0.2) is 0 Å². The maximum atomic E-state index is 12.3. The summed E-state index contributed by atoms with van der Waals surface area (Å²) in [4.78, 5) is 12.3. The van der Waals surface area contributed by atoms with Gasteiger partial charge in [0.05, 0.1) is 6.42 Å². The molecular weight excluding hydrogens is 350 g/mol. The monoisotopic (exact) mass is 363 g/mol. The zero-order chi connectivity index (χ0) is 17.9. The van der Waals surface area contributed by atoms with Crippen molar-refractivity contribution in [3.05, 3.63) is 77.3 Å². The van der Waals surface area contributed by atoms with Gasteiger partial charge in [0.25, 0.3) is 0 Å². The average Bonchev–Trinajstić information content (AvgIpc) is 3.10. The number of rotatable bonds is 4. The molecule has 128 valence electrons. The number of aromatic nitrogens is 2. The predicted molar refractivity (Wildman–Crippen MR) is 101 cm³/mol. The first-order valence-corrected chi connectivity index (χ1v) is 8.42. The SMILES string of the molecule is O=C(Cc1ccc2ccccc2c1)Nc1nnc(-c2ccc(Cl)cc2)o1. The van der Waals surface area contributed by atoms with Crippen molar-refractivity contribution in [3.63, 3.8) is 0 Å². The van der Waals surface area contributed by atoms with Crippen LogP contribution in [0, 0.1) is 0 Å². The number of halogens is 1. The lowest BCUT2D eigenvalue weighted by molar-refractivity contribution is -0.115. The van der Waals surface area contributed by atoms with E-state index in [1.165, 1.54) is 0 Å². The number of carbonyl (C=O) groups excluding carboxylic acids is 1. The first kappa shape index (κ1) is 16.3. The van der Waals surface area contributed by atoms with Crippen molar-refractivity contribution in [2.75, 3.05) is 5.32 Å². The molecule has 0 aliphatic rings. The third-order valence-corrected chi connectivity index (χ3v) is 4.19. The van der Waals surface area contributed by atoms with Gasteiger partial charge in [0, 0.05) is 10.6 Å². The topological polar surface area (TPSA) is 68.0 Å². The molecule has 0 aliphatic carbocycles. The van der Waals surface area contributed by atoms with Gasteiger partial charge >= 0.3 is 6.01 Å². The predicted octanol–water partition coefficient (Wildman–Crippen LogP) is 4.72. The molecule has 0 atom stereocenters. The van der Waals surface area contributed by atoms with Crippen molar-refractivity contribution < 1.29 is 9.21 Å². The van der Waals surface area contributed by atoms with Crippen LogP contribution in [-0.4, -0.2) is 16.1 Å². The third-order valence-electron chi connectivity index (χ3n) is 3.94. The van der Waals surface area contributed by atoms with Gasteiger partial charge in [0.2, 0.25) is 11.8 Å². The molecule has 0 unspecified atom stereocenters. The fourth-order valence-electron chi connectivity index (χ4n) is 2.68. The molecule has 3 aromatic carbocycles. The summed E-state index contributed by atoms with van der Waals surface area (Å²) in [6, 6.07) is 21.1. The molecule has 0 bridgehead atoms. The van der Waals surface area contributed by atoms with E-state index >= 15 is 0 Å². The van der Waals surface area contributed by atoms with E-state index < -0.39 is 0 Å². The van der Waals surface area contributed by atoms with Gasteiger partial charge in [-0.05, 0) is 40.6 Å². The maximum Gasteiger partial charge on any atom is 0.322 e. The molecule has 1 aromatic heterocycles. The molecule has 26 heavy (non-hydrogen) atoms. The first-order valence-electron chi connectivity index (χ1n) is 8.04. The average molecular weight is 364 g/mol. The fourth-order valence-corrected chi connectivity index (χ4v) is 2.81. The Morgan fingerprint density at radius 3 is 2.54 bits per heavy atom. The summed E-state index contributed by atoms with van der Waals surface area (Å²) in [7, 11) is 0. The van der Waals surface area contributed by atoms with Crippen LogP contribution < -0.4 is 5.32 Å². The van der Waals surface area contributed by atoms with Crippen LogP contribution in [0.4, 0.5) is 6.01 Å². The van der Waals surface area contributed by atoms with Crippen molar-refractivity contribution in [3.8, 4) is 11.5 Å². The molecule has 0 radical (unpaired) electrons. The molecule has 0 spiro atoms. The lowest BCUT2D eigenvalue weighted by Gasteiger charge is -2.03. The van der Waals surface area contributed by atoms with Crippen LogP contribution in [0.25, 0.3) is 22.2 Å². The van der Waals surface area contributed by atoms with E-state index in [4.69, 9.17) is 16.0 Å². The summed E-state index contributed by atoms with van der Waals surface area (Å²) >= 11 is 5.86. The van der Waals surface area contributed by atoms with E-state index in [1.54, 1.807) is 24.3 Å². The molecule has 0 saturated carbocycles. The van der Waals surface area contributed by atoms with E-state index in [0.29, 0.717) is 10.9 Å². The Bertz CT molecular complexity index is 1070. The number of benzene rings is 3. The minimum atomic E-state index is -0.216. The third kappa shape index (κ3) is 3.58. The van der Waals surface area contributed by atoms with Crippen LogP contribution in [0.2, 0.25) is 5.02 Å². The Morgan fingerprint density at radius 2 is 1.73 bits per heavy atom. The van der Waals surface area contributed by atoms with Crippen LogP contribution >= 0.6 is 11.6 Å². The van der Waals surface area contributed by atoms with E-state index in [9.17, 15) is 4.79 Å². The number of hydrogen-bond acceptors (Lipinski definition) is 4. The quantitative estimate of drug-likeness (QED) is 0.569. The van der Waals surface area contributed by atoms with E-state index in [2.05, 4.69) is 15.5 Å². The largest absolute Gasteiger partial charge is 0.403 e. The number of anilines is 1. The molecule has 1 N–H and O–H groups in total. The van der Waals surface area contributed by atoms with Crippen LogP contribution in [0.3, 0.4) is 0 Å². The van der Waals surface area contributed by atoms with Crippen molar-refractivity contribution in [1.82, 2.24) is 10.2 Å². The number of hydrogen-bond donors (Lipinski definition) is 1. The van der Waals surface area contributed by atoms with Crippen LogP contribution in [-0.2, 0) is 11.2 Å². The number of nitrogens with zero attached hydrogens (tertiary/aromatic N) is 2. The summed E-state index contributed by atoms with van der Waals surface area (Å²) in [6.07, 6.45) is 0.226. The molecule has 0 saturated heterocycles. The zero-order valence-corrected chi connectivity index (χ0v) is 14.4. The van der Waals surface area contributed by atoms with Crippen molar-refractivity contribution >= 4 is 34.3 Å². The summed E-state index contributed by atoms with van der Waals surface area (Å²) < 4.78 is 5.49. The fraction of sp³-hybridized carbons (Fsp3) is 0.0500. The highest BCUT2D eigenvalue weighted by molar-refractivity contribution is 6.30. The summed E-state index contributed by atoms with van der Waals surface area (Å²) in [5.41, 5.74) is 1.65. The molecule has 6 heteroatoms. The van der Waals surface area contributed by atoms with Gasteiger partial charge in [-0.1, -0.05) is 59.2 Å². The highest BCUT2D eigenvalue weighted by Crippen LogP contribution is 2.22. The number of nitrogens with one attached hydrogen (secondary N) is 1. The van der Waals surface area contributed by atoms with Crippen LogP contribution in [0.1, 0.15) is 5.56 Å². The second kappa shape index (κ2) is 6.98. The number of carbonyl (C=O) groups is 1. The van der Waals surface area contributed by atoms with E-state index in [-0.39, 0.29) is 18.3 Å². The van der Waals surface area contributed by atoms with Gasteiger partial charge < -0.3 is 4.42 Å². The highest BCUT2D eigenvalue weighted by Gasteiger charge is 2.12. The normalized spacial score (nSPS) is 10.8. The van der Waals surface area contributed by atoms with Gasteiger partial charge in [-0.15, -0.1) is 5.10 Å². The van der Waals surface area contributed by atoms with E-state index in [1.807, 2.05) is 42.5 Å². The van der Waals surface area contributed by atoms with Gasteiger partial charge in [-0.25, -0.2) is 0 Å². The standard InChI is InChI=1S/C20H14ClN3O2/c21-17-9-7-15(8-10-17)19-23-24-20(26-19)22-18(25)12-13-5-6-14-3-1-2-4-16(14)11-13/h1-11H,12H2,(H,22,24,25). The zero-order valence-electron chi connectivity index (χ0n) is 13.6. The lowest BCUT2D eigenvalue weighted by Crippen LogP contribution is -2.14. The van der Waals surface area contributed by atoms with Crippen molar-refractivity contribution in [2.24, 2.45) is 0 Å². The minimum Gasteiger partial charge on any atom is -0.403 e. The molecule has 5 nitrogen and oxygen atoms in total. The van der Waals surface area contributed by atoms with Gasteiger partial charge in [0.1, 0.15) is 0 Å². The lowest BCUT2D eigenvalue weighted by atomic mass is 10.1. The van der Waals surface area contributed by atoms with Crippen molar-refractivity contribution in [2.45, 2.75) is 6.42 Å². The molecule has 0 aliphatic heterocycles. The minimum absolute atomic E-state index is 0.0701. The Morgan fingerprint density at radius 1 is 0.962 bits per heavy atom. The second-order valence-corrected chi connectivity index (χ2v) is 6.26. The van der Waals surface area contributed by atoms with Crippen molar-refractivity contribution in [1.29, 1.82) is 0 Å². The highest BCUT2D eigenvalue weighted by atomic mass is 35.5. The Hall–Kier alpha value is -3.18. The Kier molecular flexibility index (Phi) is 4.37. The summed E-state index contributed by atoms with van der Waals surface area (Å²) in [6.45, 7) is 0. The van der Waals surface area contributed by atoms with Crippen LogP contribution in [0.15, 0.2) is 71.1 Å². The number of amides is 1. The molecule has 4 aromatic rings. The molecule has 4 rings (SSSR count). The second-order valence-electron chi connectivity index (χ2n) is 5.83. The Labute approximate surface area is 154 Å². The van der Waals surface area contributed by atoms with Gasteiger partial charge in [-0.3, -0.25) is 10.1 Å². The molecule has 0 fully saturated rings. The van der Waals surface area contributed by atoms with Crippen LogP contribution in [0.5, 0.6) is 0 Å². The van der Waals surface area contributed by atoms with E-state index in [0.717, 1.165) is 21.9 Å². The smallest absolute Gasteiger partial charge is 0.322 e.